The highest BCUT2D eigenvalue weighted by Gasteiger charge is 2.20. The Morgan fingerprint density at radius 2 is 1.73 bits per heavy atom. The van der Waals surface area contributed by atoms with Crippen molar-refractivity contribution in [1.82, 2.24) is 19.4 Å². The van der Waals surface area contributed by atoms with Crippen LogP contribution >= 0.6 is 0 Å². The fourth-order valence-corrected chi connectivity index (χ4v) is 4.16. The number of carbonyl (C=O) groups is 1. The van der Waals surface area contributed by atoms with Gasteiger partial charge >= 0.3 is 6.03 Å². The molecule has 5 rings (SSSR count). The van der Waals surface area contributed by atoms with Crippen molar-refractivity contribution in [2.75, 3.05) is 50.1 Å². The molecule has 10 heteroatoms. The van der Waals surface area contributed by atoms with E-state index in [9.17, 15) is 4.79 Å². The molecular formula is C30H34N6O4. The minimum absolute atomic E-state index is 0.202. The van der Waals surface area contributed by atoms with Gasteiger partial charge in [-0.1, -0.05) is 37.8 Å². The number of anilines is 2. The summed E-state index contributed by atoms with van der Waals surface area (Å²) in [5.74, 6) is 8.64. The van der Waals surface area contributed by atoms with Gasteiger partial charge in [0.25, 0.3) is 0 Å². The lowest BCUT2D eigenvalue weighted by Gasteiger charge is -2.26. The fraction of sp³-hybridized carbons (Fsp3) is 0.367. The first-order chi connectivity index (χ1) is 19.3. The number of ether oxygens (including phenoxy) is 2. The molecule has 1 aliphatic rings. The van der Waals surface area contributed by atoms with Gasteiger partial charge in [0.15, 0.2) is 11.6 Å². The van der Waals surface area contributed by atoms with Crippen LogP contribution in [-0.2, 0) is 10.2 Å². The summed E-state index contributed by atoms with van der Waals surface area (Å²) in [6, 6.07) is 12.8. The van der Waals surface area contributed by atoms with E-state index in [4.69, 9.17) is 14.0 Å². The average molecular weight is 543 g/mol. The van der Waals surface area contributed by atoms with Crippen molar-refractivity contribution in [1.29, 1.82) is 0 Å². The van der Waals surface area contributed by atoms with E-state index in [1.54, 1.807) is 12.3 Å². The number of nitrogens with zero attached hydrogens (tertiary/aromatic N) is 4. The minimum atomic E-state index is -0.457. The van der Waals surface area contributed by atoms with Crippen LogP contribution in [0.15, 0.2) is 59.4 Å². The smallest absolute Gasteiger partial charge is 0.326 e. The van der Waals surface area contributed by atoms with Crippen LogP contribution < -0.4 is 15.4 Å². The Hall–Kier alpha value is -4.33. The summed E-state index contributed by atoms with van der Waals surface area (Å²) < 4.78 is 18.4. The van der Waals surface area contributed by atoms with Gasteiger partial charge in [0.2, 0.25) is 0 Å². The number of aromatic nitrogens is 3. The number of pyridine rings is 1. The Kier molecular flexibility index (Phi) is 8.34. The molecule has 10 nitrogen and oxygen atoms in total. The summed E-state index contributed by atoms with van der Waals surface area (Å²) in [6.07, 6.45) is 4.59. The molecule has 1 fully saturated rings. The number of imidazole rings is 1. The Balaban J connectivity index is 1.13. The molecule has 2 N–H and O–H groups in total. The molecular weight excluding hydrogens is 508 g/mol. The lowest BCUT2D eigenvalue weighted by atomic mass is 9.93. The van der Waals surface area contributed by atoms with Crippen LogP contribution in [0.3, 0.4) is 0 Å². The van der Waals surface area contributed by atoms with Gasteiger partial charge < -0.3 is 18.4 Å². The molecule has 4 heterocycles. The number of benzene rings is 1. The third-order valence-corrected chi connectivity index (χ3v) is 6.38. The summed E-state index contributed by atoms with van der Waals surface area (Å²) in [5, 5.41) is 9.30. The van der Waals surface area contributed by atoms with Gasteiger partial charge in [-0.25, -0.2) is 9.78 Å². The zero-order chi connectivity index (χ0) is 28.0. The van der Waals surface area contributed by atoms with E-state index in [0.717, 1.165) is 56.1 Å². The minimum Gasteiger partial charge on any atom is -0.494 e. The number of morpholine rings is 1. The lowest BCUT2D eigenvalue weighted by molar-refractivity contribution is 0.0358. The van der Waals surface area contributed by atoms with Gasteiger partial charge in [-0.15, -0.1) is 0 Å². The number of carbonyl (C=O) groups excluding carboxylic acids is 1. The number of amides is 2. The largest absolute Gasteiger partial charge is 0.494 e. The Labute approximate surface area is 233 Å². The van der Waals surface area contributed by atoms with Gasteiger partial charge in [0.1, 0.15) is 17.2 Å². The molecule has 2 amide bonds. The highest BCUT2D eigenvalue weighted by atomic mass is 16.5. The molecule has 1 saturated heterocycles. The van der Waals surface area contributed by atoms with E-state index < -0.39 is 6.03 Å². The van der Waals surface area contributed by atoms with Crippen molar-refractivity contribution in [2.24, 2.45) is 0 Å². The monoisotopic (exact) mass is 542 g/mol. The summed E-state index contributed by atoms with van der Waals surface area (Å²) in [7, 11) is 0. The SMILES string of the molecule is CC(C)(C)c1cc(NC(=O)Nc2cn3cc(C#Cc4ccc(OCCCN5CCOCC5)cc4)ccc3n2)no1. The third kappa shape index (κ3) is 7.40. The van der Waals surface area contributed by atoms with Crippen LogP contribution in [-0.4, -0.2) is 64.9 Å². The highest BCUT2D eigenvalue weighted by molar-refractivity contribution is 5.98. The number of urea groups is 1. The summed E-state index contributed by atoms with van der Waals surface area (Å²) >= 11 is 0. The maximum absolute atomic E-state index is 12.4. The van der Waals surface area contributed by atoms with E-state index >= 15 is 0 Å². The van der Waals surface area contributed by atoms with E-state index in [1.165, 1.54) is 0 Å². The molecule has 4 aromatic rings. The number of hydrogen-bond donors (Lipinski definition) is 2. The predicted octanol–water partition coefficient (Wildman–Crippen LogP) is 4.76. The first-order valence-corrected chi connectivity index (χ1v) is 13.4. The standard InChI is InChI=1S/C30H34N6O4/c1-30(2,3)25-19-26(34-40-25)32-29(37)33-27-21-36-20-23(9-12-28(36)31-27)6-5-22-7-10-24(11-8-22)39-16-4-13-35-14-17-38-18-15-35/h7-12,19-21H,4,13-18H2,1-3H3,(H2,32,33,34,37). The molecule has 0 unspecified atom stereocenters. The van der Waals surface area contributed by atoms with Gasteiger partial charge in [-0.3, -0.25) is 15.5 Å². The zero-order valence-corrected chi connectivity index (χ0v) is 23.1. The van der Waals surface area contributed by atoms with Crippen LogP contribution in [0, 0.1) is 11.8 Å². The molecule has 208 valence electrons. The average Bonchev–Trinajstić information content (AvgIpc) is 3.57. The van der Waals surface area contributed by atoms with E-state index in [1.807, 2.05) is 67.8 Å². The first kappa shape index (κ1) is 27.2. The van der Waals surface area contributed by atoms with Crippen LogP contribution in [0.1, 0.15) is 44.1 Å². The summed E-state index contributed by atoms with van der Waals surface area (Å²) in [4.78, 5) is 19.3. The fourth-order valence-electron chi connectivity index (χ4n) is 4.16. The molecule has 3 aromatic heterocycles. The Morgan fingerprint density at radius 1 is 1.00 bits per heavy atom. The van der Waals surface area contributed by atoms with Crippen molar-refractivity contribution in [3.05, 3.63) is 71.7 Å². The maximum Gasteiger partial charge on any atom is 0.326 e. The van der Waals surface area contributed by atoms with Gasteiger partial charge in [-0.05, 0) is 42.8 Å². The van der Waals surface area contributed by atoms with E-state index in [-0.39, 0.29) is 5.41 Å². The molecule has 1 aromatic carbocycles. The topological polar surface area (TPSA) is 106 Å². The van der Waals surface area contributed by atoms with Crippen molar-refractivity contribution in [3.8, 4) is 17.6 Å². The third-order valence-electron chi connectivity index (χ3n) is 6.38. The predicted molar refractivity (Wildman–Crippen MR) is 153 cm³/mol. The summed E-state index contributed by atoms with van der Waals surface area (Å²) in [6.45, 7) is 11.4. The van der Waals surface area contributed by atoms with Gasteiger partial charge in [0, 0.05) is 48.4 Å². The molecule has 0 aliphatic carbocycles. The van der Waals surface area contributed by atoms with Gasteiger partial charge in [-0.2, -0.15) is 0 Å². The summed E-state index contributed by atoms with van der Waals surface area (Å²) in [5.41, 5.74) is 2.20. The Morgan fingerprint density at radius 3 is 2.48 bits per heavy atom. The van der Waals surface area contributed by atoms with Crippen molar-refractivity contribution in [2.45, 2.75) is 32.6 Å². The molecule has 1 aliphatic heterocycles. The molecule has 0 spiro atoms. The first-order valence-electron chi connectivity index (χ1n) is 13.4. The van der Waals surface area contributed by atoms with Crippen LogP contribution in [0.5, 0.6) is 5.75 Å². The molecule has 0 atom stereocenters. The quantitative estimate of drug-likeness (QED) is 0.256. The molecule has 0 radical (unpaired) electrons. The zero-order valence-electron chi connectivity index (χ0n) is 23.1. The second kappa shape index (κ2) is 12.2. The van der Waals surface area contributed by atoms with Crippen molar-refractivity contribution < 1.29 is 18.8 Å². The number of nitrogens with one attached hydrogen (secondary N) is 2. The number of rotatable bonds is 7. The van der Waals surface area contributed by atoms with Crippen molar-refractivity contribution in [3.63, 3.8) is 0 Å². The highest BCUT2D eigenvalue weighted by Crippen LogP contribution is 2.24. The van der Waals surface area contributed by atoms with Crippen LogP contribution in [0.4, 0.5) is 16.4 Å². The van der Waals surface area contributed by atoms with Crippen LogP contribution in [0.25, 0.3) is 5.65 Å². The Bertz CT molecular complexity index is 1500. The second-order valence-corrected chi connectivity index (χ2v) is 10.6. The van der Waals surface area contributed by atoms with Crippen LogP contribution in [0.2, 0.25) is 0 Å². The van der Waals surface area contributed by atoms with E-state index in [0.29, 0.717) is 29.7 Å². The van der Waals surface area contributed by atoms with Crippen molar-refractivity contribution >= 4 is 23.3 Å². The van der Waals surface area contributed by atoms with Gasteiger partial charge in [0.05, 0.1) is 26.0 Å². The number of fused-ring (bicyclic) bond motifs is 1. The lowest BCUT2D eigenvalue weighted by Crippen LogP contribution is -2.37. The maximum atomic E-state index is 12.4. The van der Waals surface area contributed by atoms with E-state index in [2.05, 4.69) is 37.5 Å². The number of hydrogen-bond acceptors (Lipinski definition) is 7. The normalized spacial score (nSPS) is 14.0. The second-order valence-electron chi connectivity index (χ2n) is 10.6. The molecule has 40 heavy (non-hydrogen) atoms. The molecule has 0 bridgehead atoms. The molecule has 0 saturated carbocycles.